The highest BCUT2D eigenvalue weighted by atomic mass is 15.1. The summed E-state index contributed by atoms with van der Waals surface area (Å²) in [5.74, 6) is 0.370. The molecular weight excluding hydrogens is 448 g/mol. The molecule has 7 rings (SSSR count). The van der Waals surface area contributed by atoms with E-state index < -0.39 is 147 Å². The van der Waals surface area contributed by atoms with E-state index in [4.69, 9.17) is 17.8 Å². The summed E-state index contributed by atoms with van der Waals surface area (Å²) in [6.45, 7) is 1.78. The van der Waals surface area contributed by atoms with Crippen LogP contribution in [0.5, 0.6) is 0 Å². The molecule has 0 unspecified atom stereocenters. The molecule has 6 aromatic carbocycles. The van der Waals surface area contributed by atoms with Gasteiger partial charge in [-0.05, 0) is 68.0 Å². The predicted octanol–water partition coefficient (Wildman–Crippen LogP) is 9.23. The Morgan fingerprint density at radius 2 is 1.22 bits per heavy atom. The van der Waals surface area contributed by atoms with Gasteiger partial charge in [-0.25, -0.2) is 4.98 Å². The highest BCUT2D eigenvalue weighted by Crippen LogP contribution is 2.44. The second-order valence-corrected chi connectivity index (χ2v) is 8.18. The summed E-state index contributed by atoms with van der Waals surface area (Å²) >= 11 is 0. The monoisotopic (exact) mass is 491 g/mol. The smallest absolute Gasteiger partial charge is 0.114 e. The molecule has 2 heteroatoms. The second kappa shape index (κ2) is 8.76. The zero-order valence-corrected chi connectivity index (χ0v) is 19.4. The molecule has 0 bridgehead atoms. The molecule has 7 aromatic rings. The molecule has 0 fully saturated rings. The lowest BCUT2D eigenvalue weighted by Gasteiger charge is -2.19. The zero-order valence-electron chi connectivity index (χ0n) is 36.4. The zero-order chi connectivity index (χ0) is 39.6. The lowest BCUT2D eigenvalue weighted by Crippen LogP contribution is -2.00. The third-order valence-corrected chi connectivity index (χ3v) is 6.16. The fourth-order valence-electron chi connectivity index (χ4n) is 4.63. The number of rotatable bonds is 4. The van der Waals surface area contributed by atoms with Crippen molar-refractivity contribution in [1.82, 2.24) is 9.55 Å². The van der Waals surface area contributed by atoms with Gasteiger partial charge in [0, 0.05) is 12.1 Å². The number of fused-ring (bicyclic) bond motifs is 3. The maximum absolute atomic E-state index is 9.87. The van der Waals surface area contributed by atoms with Crippen LogP contribution in [0, 0.1) is 0 Å². The van der Waals surface area contributed by atoms with Gasteiger partial charge in [0.25, 0.3) is 0 Å². The van der Waals surface area contributed by atoms with Crippen LogP contribution in [0.2, 0.25) is 0 Å². The number of nitrogens with zero attached hydrogens (tertiary/aromatic N) is 2. The fourth-order valence-corrected chi connectivity index (χ4v) is 4.63. The summed E-state index contributed by atoms with van der Waals surface area (Å²) in [7, 11) is 0. The third kappa shape index (κ3) is 3.45. The van der Waals surface area contributed by atoms with Crippen LogP contribution in [0.1, 0.15) is 36.1 Å². The number of benzene rings is 6. The second-order valence-electron chi connectivity index (χ2n) is 8.18. The lowest BCUT2D eigenvalue weighted by atomic mass is 9.86. The van der Waals surface area contributed by atoms with Gasteiger partial charge in [0.1, 0.15) is 5.82 Å². The average Bonchev–Trinajstić information content (AvgIpc) is 3.53. The first-order valence-corrected chi connectivity index (χ1v) is 11.5. The van der Waals surface area contributed by atoms with Crippen molar-refractivity contribution in [2.24, 2.45) is 0 Å². The fraction of sp³-hybridized carbons (Fsp3) is 0.0571. The van der Waals surface area contributed by atoms with Crippen LogP contribution in [0.25, 0.3) is 60.5 Å². The van der Waals surface area contributed by atoms with Gasteiger partial charge in [0.2, 0.25) is 0 Å². The van der Waals surface area contributed by atoms with E-state index in [1.807, 2.05) is 0 Å². The molecule has 0 amide bonds. The minimum absolute atomic E-state index is 0.223. The third-order valence-electron chi connectivity index (χ3n) is 6.16. The van der Waals surface area contributed by atoms with E-state index in [-0.39, 0.29) is 12.1 Å². The van der Waals surface area contributed by atoms with Gasteiger partial charge in [-0.15, -0.1) is 0 Å². The van der Waals surface area contributed by atoms with Crippen LogP contribution < -0.4 is 0 Å². The number of aromatic nitrogens is 2. The van der Waals surface area contributed by atoms with Crippen LogP contribution in [0.3, 0.4) is 0 Å². The summed E-state index contributed by atoms with van der Waals surface area (Å²) in [6.07, 6.45) is 0.286. The molecule has 0 radical (unpaired) electrons. The van der Waals surface area contributed by atoms with Crippen LogP contribution in [0.15, 0.2) is 127 Å². The molecule has 0 saturated carbocycles. The van der Waals surface area contributed by atoms with Crippen molar-refractivity contribution >= 4 is 32.6 Å². The Morgan fingerprint density at radius 1 is 0.649 bits per heavy atom. The summed E-state index contributed by atoms with van der Waals surface area (Å²) in [4.78, 5) is 4.65. The van der Waals surface area contributed by atoms with Crippen molar-refractivity contribution in [3.8, 4) is 27.9 Å². The maximum atomic E-state index is 9.87. The lowest BCUT2D eigenvalue weighted by molar-refractivity contribution is 0.909. The molecule has 0 aliphatic carbocycles. The Kier molecular flexibility index (Phi) is 2.45. The molecule has 1 aromatic heterocycles. The molecule has 176 valence electrons. The van der Waals surface area contributed by atoms with Crippen LogP contribution in [-0.2, 0) is 6.42 Å². The highest BCUT2D eigenvalue weighted by molar-refractivity contribution is 6.21. The van der Waals surface area contributed by atoms with E-state index in [0.29, 0.717) is 16.9 Å². The van der Waals surface area contributed by atoms with Gasteiger partial charge in [0.15, 0.2) is 0 Å². The number of hydrogen-bond acceptors (Lipinski definition) is 1. The molecule has 2 nitrogen and oxygen atoms in total. The minimum atomic E-state index is -0.815. The molecule has 0 N–H and O–H groups in total. The van der Waals surface area contributed by atoms with E-state index in [2.05, 4.69) is 4.98 Å². The van der Waals surface area contributed by atoms with Gasteiger partial charge in [0.05, 0.1) is 34.3 Å². The average molecular weight is 492 g/mol. The van der Waals surface area contributed by atoms with Crippen molar-refractivity contribution in [1.29, 1.82) is 0 Å². The molecule has 0 aliphatic rings. The van der Waals surface area contributed by atoms with Crippen molar-refractivity contribution in [2.45, 2.75) is 13.3 Å². The van der Waals surface area contributed by atoms with Gasteiger partial charge >= 0.3 is 0 Å². The molecule has 37 heavy (non-hydrogen) atoms. The molecule has 1 heterocycles. The van der Waals surface area contributed by atoms with Crippen molar-refractivity contribution in [2.75, 3.05) is 0 Å². The van der Waals surface area contributed by atoms with Gasteiger partial charge < -0.3 is 0 Å². The SMILES string of the molecule is [2H]c1c([2H])c([2H])c(-c2c3c([2H])c([2H])c([2H])c([2H])c3c(-c3c([2H])c([2H])c([2H])c([2H])c3[2H])c3c([2H])c(-n4c(CC)nc5ccccc54)c([2H])c([2H])c23)c([2H])c1[2H]. The van der Waals surface area contributed by atoms with Crippen molar-refractivity contribution in [3.05, 3.63) is 133 Å². The Morgan fingerprint density at radius 3 is 1.86 bits per heavy atom. The first kappa shape index (κ1) is 10.4. The molecular formula is C35H26N2. The van der Waals surface area contributed by atoms with E-state index in [9.17, 15) is 5.48 Å². The standard InChI is InChI=1S/C35H26N2/c1-2-33-36-31-19-11-12-20-32(31)37(33)26-21-22-29-30(23-26)35(25-15-7-4-8-16-25)28-18-10-9-17-27(28)34(29)24-13-5-3-6-14-24/h3-23H,2H2,1H3/i3D,4D,5D,6D,7D,8D,9D,10D,13D,14D,15D,16D,17D,18D,21D,22D,23D. The van der Waals surface area contributed by atoms with Gasteiger partial charge in [-0.3, -0.25) is 4.57 Å². The Bertz CT molecular complexity index is 2790. The Labute approximate surface area is 240 Å². The number of aryl methyl sites for hydroxylation is 1. The van der Waals surface area contributed by atoms with E-state index >= 15 is 0 Å². The highest BCUT2D eigenvalue weighted by Gasteiger charge is 2.18. The first-order chi connectivity index (χ1) is 25.4. The number of para-hydroxylation sites is 2. The summed E-state index contributed by atoms with van der Waals surface area (Å²) in [5, 5.41) is -1.87. The summed E-state index contributed by atoms with van der Waals surface area (Å²) in [5.41, 5.74) is -1.40. The molecule has 0 spiro atoms. The largest absolute Gasteiger partial charge is 0.296 e. The van der Waals surface area contributed by atoms with Crippen LogP contribution in [0.4, 0.5) is 0 Å². The summed E-state index contributed by atoms with van der Waals surface area (Å²) < 4.78 is 152. The van der Waals surface area contributed by atoms with Crippen molar-refractivity contribution in [3.63, 3.8) is 0 Å². The first-order valence-electron chi connectivity index (χ1n) is 20.0. The quantitative estimate of drug-likeness (QED) is 0.224. The maximum Gasteiger partial charge on any atom is 0.114 e. The predicted molar refractivity (Wildman–Crippen MR) is 156 cm³/mol. The van der Waals surface area contributed by atoms with Crippen LogP contribution in [-0.4, -0.2) is 9.55 Å². The van der Waals surface area contributed by atoms with E-state index in [1.54, 1.807) is 31.2 Å². The van der Waals surface area contributed by atoms with Gasteiger partial charge in [-0.1, -0.05) is 110 Å². The van der Waals surface area contributed by atoms with E-state index in [0.717, 1.165) is 0 Å². The molecule has 0 atom stereocenters. The normalized spacial score (nSPS) is 17.9. The van der Waals surface area contributed by atoms with Crippen LogP contribution >= 0.6 is 0 Å². The summed E-state index contributed by atoms with van der Waals surface area (Å²) in [6, 6.07) is -6.17. The molecule has 0 saturated heterocycles. The Hall–Kier alpha value is -4.69. The number of imidazole rings is 1. The minimum Gasteiger partial charge on any atom is -0.296 e. The van der Waals surface area contributed by atoms with Gasteiger partial charge in [-0.2, -0.15) is 0 Å². The Balaban J connectivity index is 1.94. The van der Waals surface area contributed by atoms with Crippen molar-refractivity contribution < 1.29 is 23.3 Å². The topological polar surface area (TPSA) is 17.8 Å². The molecule has 0 aliphatic heterocycles. The van der Waals surface area contributed by atoms with E-state index in [1.165, 1.54) is 4.57 Å². The number of hydrogen-bond donors (Lipinski definition) is 0.